The van der Waals surface area contributed by atoms with E-state index in [0.29, 0.717) is 0 Å². The van der Waals surface area contributed by atoms with Gasteiger partial charge in [-0.2, -0.15) is 44.6 Å². The van der Waals surface area contributed by atoms with Crippen molar-refractivity contribution in [2.24, 2.45) is 5.16 Å². The largest absolute Gasteiger partial charge is 0.437 e. The number of benzene rings is 1. The monoisotopic (exact) mass is 545 g/mol. The summed E-state index contributed by atoms with van der Waals surface area (Å²) in [7, 11) is 0. The summed E-state index contributed by atoms with van der Waals surface area (Å²) < 4.78 is 117. The number of nitrogens with zero attached hydrogens (tertiary/aromatic N) is 2. The molecule has 3 N–H and O–H groups in total. The second-order valence-corrected chi connectivity index (χ2v) is 7.90. The first-order valence-electron chi connectivity index (χ1n) is 10.1. The lowest BCUT2D eigenvalue weighted by Gasteiger charge is -2.27. The Balaban J connectivity index is 1.74. The van der Waals surface area contributed by atoms with E-state index in [1.165, 1.54) is 25.1 Å². The van der Waals surface area contributed by atoms with Crippen molar-refractivity contribution in [3.8, 4) is 0 Å². The molecule has 2 aromatic rings. The number of alkyl halides is 9. The number of carbonyl (C=O) groups is 2. The molecule has 1 unspecified atom stereocenters. The molecule has 3 rings (SSSR count). The fraction of sp³-hybridized carbons (Fsp3) is 0.400. The van der Waals surface area contributed by atoms with Crippen molar-refractivity contribution in [3.05, 3.63) is 52.3 Å². The highest BCUT2D eigenvalue weighted by atomic mass is 19.4. The van der Waals surface area contributed by atoms with E-state index in [9.17, 15) is 49.1 Å². The van der Waals surface area contributed by atoms with E-state index in [4.69, 9.17) is 0 Å². The fourth-order valence-corrected chi connectivity index (χ4v) is 3.33. The van der Waals surface area contributed by atoms with Crippen molar-refractivity contribution < 1.29 is 53.9 Å². The highest BCUT2D eigenvalue weighted by molar-refractivity contribution is 6.04. The average molecular weight is 545 g/mol. The number of carbonyl (C=O) groups excluding carboxylic acids is 2. The van der Waals surface area contributed by atoms with Crippen molar-refractivity contribution in [2.45, 2.75) is 37.5 Å². The van der Waals surface area contributed by atoms with E-state index in [2.05, 4.69) is 20.4 Å². The number of rotatable bonds is 6. The van der Waals surface area contributed by atoms with E-state index < -0.39 is 66.8 Å². The van der Waals surface area contributed by atoms with Gasteiger partial charge in [0.1, 0.15) is 6.54 Å². The van der Waals surface area contributed by atoms with Crippen LogP contribution in [0, 0.1) is 6.92 Å². The van der Waals surface area contributed by atoms with E-state index in [1.54, 1.807) is 10.4 Å². The van der Waals surface area contributed by atoms with Gasteiger partial charge in [0.05, 0.1) is 24.4 Å². The Hall–Kier alpha value is -3.79. The molecule has 8 nitrogen and oxygen atoms in total. The zero-order chi connectivity index (χ0) is 27.8. The Labute approximate surface area is 201 Å². The number of aryl methyl sites for hydroxylation is 1. The van der Waals surface area contributed by atoms with Gasteiger partial charge in [-0.1, -0.05) is 11.2 Å². The first kappa shape index (κ1) is 27.8. The lowest BCUT2D eigenvalue weighted by atomic mass is 9.89. The topological polar surface area (TPSA) is 108 Å². The second kappa shape index (κ2) is 9.59. The first-order valence-corrected chi connectivity index (χ1v) is 10.1. The minimum atomic E-state index is -5.20. The maximum Gasteiger partial charge on any atom is 0.437 e. The molecule has 0 saturated carbocycles. The molecule has 0 saturated heterocycles. The Morgan fingerprint density at radius 2 is 1.73 bits per heavy atom. The molecule has 1 aliphatic rings. The van der Waals surface area contributed by atoms with Crippen LogP contribution in [0.5, 0.6) is 0 Å². The maximum atomic E-state index is 13.9. The molecule has 37 heavy (non-hydrogen) atoms. The molecular formula is C20H16F9N5O3. The van der Waals surface area contributed by atoms with Crippen LogP contribution in [0.4, 0.5) is 39.5 Å². The molecule has 1 aromatic heterocycles. The van der Waals surface area contributed by atoms with Crippen molar-refractivity contribution in [2.75, 3.05) is 13.1 Å². The SMILES string of the molecule is Cc1cc(C2=NOC(c3cc(C(F)(F)F)n[nH]3)(C(F)(F)F)C2)ccc1C(=O)NCC(=O)NCC(F)(F)F. The van der Waals surface area contributed by atoms with Gasteiger partial charge in [-0.3, -0.25) is 14.7 Å². The van der Waals surface area contributed by atoms with Gasteiger partial charge in [0.25, 0.3) is 11.5 Å². The van der Waals surface area contributed by atoms with Crippen molar-refractivity contribution in [1.29, 1.82) is 0 Å². The van der Waals surface area contributed by atoms with E-state index in [1.807, 2.05) is 0 Å². The molecule has 2 heterocycles. The highest BCUT2D eigenvalue weighted by Gasteiger charge is 2.64. The van der Waals surface area contributed by atoms with E-state index in [0.717, 1.165) is 0 Å². The van der Waals surface area contributed by atoms with Crippen LogP contribution in [-0.4, -0.2) is 53.2 Å². The molecule has 202 valence electrons. The number of nitrogens with one attached hydrogen (secondary N) is 3. The van der Waals surface area contributed by atoms with Gasteiger partial charge in [0, 0.05) is 5.56 Å². The number of H-pyrrole nitrogens is 1. The molecular weight excluding hydrogens is 529 g/mol. The minimum Gasteiger partial charge on any atom is -0.372 e. The number of hydrogen-bond donors (Lipinski definition) is 3. The smallest absolute Gasteiger partial charge is 0.372 e. The molecule has 0 spiro atoms. The number of halogens is 9. The van der Waals surface area contributed by atoms with Crippen LogP contribution in [0.15, 0.2) is 29.4 Å². The van der Waals surface area contributed by atoms with Gasteiger partial charge < -0.3 is 15.5 Å². The first-order chi connectivity index (χ1) is 16.9. The number of aromatic amines is 1. The summed E-state index contributed by atoms with van der Waals surface area (Å²) >= 11 is 0. The third-order valence-electron chi connectivity index (χ3n) is 5.19. The van der Waals surface area contributed by atoms with Crippen LogP contribution in [0.25, 0.3) is 0 Å². The lowest BCUT2D eigenvalue weighted by molar-refractivity contribution is -0.277. The zero-order valence-corrected chi connectivity index (χ0v) is 18.5. The summed E-state index contributed by atoms with van der Waals surface area (Å²) in [6.07, 6.45) is -15.9. The van der Waals surface area contributed by atoms with Crippen LogP contribution in [-0.2, 0) is 21.4 Å². The number of oxime groups is 1. The third kappa shape index (κ3) is 6.14. The summed E-state index contributed by atoms with van der Waals surface area (Å²) in [4.78, 5) is 28.4. The molecule has 0 bridgehead atoms. The summed E-state index contributed by atoms with van der Waals surface area (Å²) in [5.41, 5.74) is -5.95. The Bertz CT molecular complexity index is 1220. The number of aromatic nitrogens is 2. The maximum absolute atomic E-state index is 13.9. The molecule has 0 fully saturated rings. The lowest BCUT2D eigenvalue weighted by Crippen LogP contribution is -2.43. The Kier molecular flexibility index (Phi) is 7.20. The second-order valence-electron chi connectivity index (χ2n) is 7.90. The van der Waals surface area contributed by atoms with Crippen molar-refractivity contribution in [3.63, 3.8) is 0 Å². The van der Waals surface area contributed by atoms with Crippen LogP contribution in [0.1, 0.15) is 39.3 Å². The van der Waals surface area contributed by atoms with Gasteiger partial charge >= 0.3 is 18.5 Å². The van der Waals surface area contributed by atoms with Gasteiger partial charge in [-0.25, -0.2) is 0 Å². The standard InChI is InChI=1S/C20H16F9N5O3/c1-9-4-10(2-3-11(9)16(36)30-7-15(35)31-8-18(21,22)23)12-6-17(37-34-12,20(27,28)29)13-5-14(33-32-13)19(24,25)26/h2-5H,6-8H2,1H3,(H,30,36)(H,31,35)(H,32,33). The minimum absolute atomic E-state index is 0.0441. The Morgan fingerprint density at radius 3 is 2.27 bits per heavy atom. The Morgan fingerprint density at radius 1 is 1.05 bits per heavy atom. The van der Waals surface area contributed by atoms with Gasteiger partial charge in [-0.15, -0.1) is 0 Å². The quantitative estimate of drug-likeness (QED) is 0.481. The molecule has 1 aromatic carbocycles. The van der Waals surface area contributed by atoms with E-state index >= 15 is 0 Å². The summed E-state index contributed by atoms with van der Waals surface area (Å²) in [6.45, 7) is -0.968. The highest BCUT2D eigenvalue weighted by Crippen LogP contribution is 2.49. The average Bonchev–Trinajstić information content (AvgIpc) is 3.43. The van der Waals surface area contributed by atoms with Crippen LogP contribution < -0.4 is 10.6 Å². The molecule has 0 radical (unpaired) electrons. The molecule has 0 aliphatic carbocycles. The van der Waals surface area contributed by atoms with Gasteiger partial charge in [-0.05, 0) is 36.2 Å². The third-order valence-corrected chi connectivity index (χ3v) is 5.19. The van der Waals surface area contributed by atoms with Crippen molar-refractivity contribution in [1.82, 2.24) is 20.8 Å². The number of hydrogen-bond acceptors (Lipinski definition) is 5. The summed E-state index contributed by atoms with van der Waals surface area (Å²) in [5, 5.41) is 11.7. The zero-order valence-electron chi connectivity index (χ0n) is 18.5. The predicted molar refractivity (Wildman–Crippen MR) is 106 cm³/mol. The van der Waals surface area contributed by atoms with Gasteiger partial charge in [0.15, 0.2) is 5.69 Å². The van der Waals surface area contributed by atoms with Crippen LogP contribution >= 0.6 is 0 Å². The fourth-order valence-electron chi connectivity index (χ4n) is 3.33. The van der Waals surface area contributed by atoms with E-state index in [-0.39, 0.29) is 28.5 Å². The molecule has 2 amide bonds. The summed E-state index contributed by atoms with van der Waals surface area (Å²) in [5.74, 6) is -1.95. The molecule has 1 aliphatic heterocycles. The van der Waals surface area contributed by atoms with Crippen LogP contribution in [0.2, 0.25) is 0 Å². The predicted octanol–water partition coefficient (Wildman–Crippen LogP) is 3.73. The molecule has 1 atom stereocenters. The number of amides is 2. The van der Waals surface area contributed by atoms with Gasteiger partial charge in [0.2, 0.25) is 5.91 Å². The van der Waals surface area contributed by atoms with Crippen LogP contribution in [0.3, 0.4) is 0 Å². The normalized spacial score (nSPS) is 18.3. The summed E-state index contributed by atoms with van der Waals surface area (Å²) in [6, 6.07) is 3.78. The molecule has 17 heteroatoms. The van der Waals surface area contributed by atoms with Crippen molar-refractivity contribution >= 4 is 17.5 Å².